The number of hydrogen-bond donors (Lipinski definition) is 0. The second-order valence-electron chi connectivity index (χ2n) is 7.57. The molecule has 0 aliphatic carbocycles. The summed E-state index contributed by atoms with van der Waals surface area (Å²) in [7, 11) is 4.89. The van der Waals surface area contributed by atoms with Gasteiger partial charge in [0.05, 0.1) is 33.6 Å². The molecule has 0 unspecified atom stereocenters. The normalized spacial score (nSPS) is 10.8. The van der Waals surface area contributed by atoms with Gasteiger partial charge in [-0.25, -0.2) is 4.98 Å². The van der Waals surface area contributed by atoms with Gasteiger partial charge in [0, 0.05) is 17.5 Å². The molecule has 4 rings (SSSR count). The quantitative estimate of drug-likeness (QED) is 0.186. The molecule has 1 amide bonds. The fourth-order valence-corrected chi connectivity index (χ4v) is 5.47. The number of amides is 1. The Morgan fingerprint density at radius 2 is 1.74 bits per heavy atom. The Bertz CT molecular complexity index is 1220. The first-order valence-electron chi connectivity index (χ1n) is 11.1. The highest BCUT2D eigenvalue weighted by Gasteiger charge is 2.23. The smallest absolute Gasteiger partial charge is 0.229 e. The number of benzene rings is 2. The Morgan fingerprint density at radius 1 is 0.971 bits per heavy atom. The summed E-state index contributed by atoms with van der Waals surface area (Å²) < 4.78 is 17.1. The van der Waals surface area contributed by atoms with Crippen molar-refractivity contribution in [1.29, 1.82) is 0 Å². The van der Waals surface area contributed by atoms with Crippen LogP contribution in [0.15, 0.2) is 65.7 Å². The van der Waals surface area contributed by atoms with Gasteiger partial charge in [0.1, 0.15) is 27.5 Å². The van der Waals surface area contributed by atoms with Gasteiger partial charge in [0.25, 0.3) is 0 Å². The van der Waals surface area contributed by atoms with Crippen molar-refractivity contribution in [3.8, 4) is 17.2 Å². The number of aromatic nitrogens is 2. The zero-order valence-corrected chi connectivity index (χ0v) is 21.5. The molecule has 0 saturated heterocycles. The summed E-state index contributed by atoms with van der Waals surface area (Å²) in [5, 5.41) is 0.598. The van der Waals surface area contributed by atoms with E-state index in [4.69, 9.17) is 19.2 Å². The predicted molar refractivity (Wildman–Crippen MR) is 141 cm³/mol. The van der Waals surface area contributed by atoms with Crippen molar-refractivity contribution in [2.24, 2.45) is 0 Å². The van der Waals surface area contributed by atoms with E-state index in [2.05, 4.69) is 4.98 Å². The summed E-state index contributed by atoms with van der Waals surface area (Å²) in [6.07, 6.45) is 2.87. The first-order valence-corrected chi connectivity index (χ1v) is 12.9. The number of methoxy groups -OCH3 is 3. The molecule has 0 saturated carbocycles. The molecule has 0 spiro atoms. The molecule has 0 radical (unpaired) electrons. The fourth-order valence-electron chi connectivity index (χ4n) is 3.53. The molecule has 0 fully saturated rings. The summed E-state index contributed by atoms with van der Waals surface area (Å²) in [6.45, 7) is 0.343. The lowest BCUT2D eigenvalue weighted by molar-refractivity contribution is -0.118. The Hall–Kier alpha value is -3.30. The molecule has 0 atom stereocenters. The lowest BCUT2D eigenvalue weighted by atomic mass is 10.2. The van der Waals surface area contributed by atoms with Crippen LogP contribution >= 0.6 is 23.1 Å². The van der Waals surface area contributed by atoms with Gasteiger partial charge in [-0.3, -0.25) is 14.7 Å². The number of fused-ring (bicyclic) bond motifs is 1. The Kier molecular flexibility index (Phi) is 8.44. The molecular weight excluding hydrogens is 482 g/mol. The molecule has 0 aliphatic rings. The zero-order chi connectivity index (χ0) is 24.6. The lowest BCUT2D eigenvalue weighted by Crippen LogP contribution is -2.30. The van der Waals surface area contributed by atoms with Crippen molar-refractivity contribution in [3.63, 3.8) is 0 Å². The number of nitrogens with zero attached hydrogens (tertiary/aromatic N) is 3. The van der Waals surface area contributed by atoms with Gasteiger partial charge in [-0.1, -0.05) is 17.4 Å². The van der Waals surface area contributed by atoms with Crippen LogP contribution in [0.1, 0.15) is 18.5 Å². The molecule has 4 aromatic rings. The van der Waals surface area contributed by atoms with Crippen LogP contribution in [0.5, 0.6) is 17.2 Å². The fraction of sp³-hybridized carbons (Fsp3) is 0.269. The van der Waals surface area contributed by atoms with Gasteiger partial charge in [-0.05, 0) is 60.7 Å². The molecular formula is C26H27N3O4S2. The molecule has 0 aliphatic heterocycles. The van der Waals surface area contributed by atoms with Crippen molar-refractivity contribution in [3.05, 3.63) is 66.5 Å². The number of carbonyl (C=O) groups excluding carboxylic acids is 1. The average molecular weight is 510 g/mol. The Morgan fingerprint density at radius 3 is 2.43 bits per heavy atom. The Labute approximate surface area is 213 Å². The molecule has 2 heterocycles. The van der Waals surface area contributed by atoms with Crippen molar-refractivity contribution in [2.45, 2.75) is 24.3 Å². The lowest BCUT2D eigenvalue weighted by Gasteiger charge is -2.19. The summed E-state index contributed by atoms with van der Waals surface area (Å²) >= 11 is 3.14. The molecule has 182 valence electrons. The van der Waals surface area contributed by atoms with Gasteiger partial charge in [-0.15, -0.1) is 11.8 Å². The van der Waals surface area contributed by atoms with Crippen molar-refractivity contribution < 1.29 is 19.0 Å². The van der Waals surface area contributed by atoms with Crippen molar-refractivity contribution >= 4 is 44.4 Å². The number of rotatable bonds is 11. The second-order valence-corrected chi connectivity index (χ2v) is 9.72. The SMILES string of the molecule is COc1ccc(SCCCC(=O)N(Cc2ccccn2)c2nc3c(OC)ccc(OC)c3s2)cc1. The van der Waals surface area contributed by atoms with Crippen LogP contribution in [0, 0.1) is 0 Å². The van der Waals surface area contributed by atoms with Crippen LogP contribution in [-0.2, 0) is 11.3 Å². The highest BCUT2D eigenvalue weighted by molar-refractivity contribution is 7.99. The van der Waals surface area contributed by atoms with E-state index in [1.807, 2.05) is 54.6 Å². The van der Waals surface area contributed by atoms with Crippen molar-refractivity contribution in [1.82, 2.24) is 9.97 Å². The van der Waals surface area contributed by atoms with Gasteiger partial charge in [0.15, 0.2) is 5.13 Å². The van der Waals surface area contributed by atoms with E-state index < -0.39 is 0 Å². The standard InChI is InChI=1S/C26H27N3O4S2/c1-31-19-9-11-20(12-10-19)34-16-6-8-23(30)29(17-18-7-4-5-15-27-18)26-28-24-21(32-2)13-14-22(33-3)25(24)35-26/h4-5,7,9-15H,6,8,16-17H2,1-3H3. The maximum atomic E-state index is 13.4. The van der Waals surface area contributed by atoms with Crippen molar-refractivity contribution in [2.75, 3.05) is 32.0 Å². The summed E-state index contributed by atoms with van der Waals surface area (Å²) in [5.41, 5.74) is 1.48. The summed E-state index contributed by atoms with van der Waals surface area (Å²) in [5.74, 6) is 3.01. The van der Waals surface area contributed by atoms with Crippen LogP contribution in [0.25, 0.3) is 10.2 Å². The van der Waals surface area contributed by atoms with Gasteiger partial charge in [0.2, 0.25) is 5.91 Å². The zero-order valence-electron chi connectivity index (χ0n) is 19.9. The predicted octanol–water partition coefficient (Wildman–Crippen LogP) is 5.82. The summed E-state index contributed by atoms with van der Waals surface area (Å²) in [6, 6.07) is 17.3. The van der Waals surface area contributed by atoms with Crippen LogP contribution in [0.2, 0.25) is 0 Å². The molecule has 0 bridgehead atoms. The second kappa shape index (κ2) is 11.9. The minimum atomic E-state index is 0.00275. The van der Waals surface area contributed by atoms with Crippen LogP contribution < -0.4 is 19.1 Å². The maximum absolute atomic E-state index is 13.4. The molecule has 2 aromatic heterocycles. The molecule has 2 aromatic carbocycles. The maximum Gasteiger partial charge on any atom is 0.229 e. The van der Waals surface area contributed by atoms with E-state index >= 15 is 0 Å². The highest BCUT2D eigenvalue weighted by Crippen LogP contribution is 2.40. The van der Waals surface area contributed by atoms with E-state index in [-0.39, 0.29) is 5.91 Å². The van der Waals surface area contributed by atoms with E-state index in [0.717, 1.165) is 33.2 Å². The number of ether oxygens (including phenoxy) is 3. The molecule has 0 N–H and O–H groups in total. The third-order valence-corrected chi connectivity index (χ3v) is 7.53. The minimum absolute atomic E-state index is 0.00275. The molecule has 9 heteroatoms. The topological polar surface area (TPSA) is 73.8 Å². The first kappa shape index (κ1) is 24.8. The third kappa shape index (κ3) is 6.04. The number of pyridine rings is 1. The summed E-state index contributed by atoms with van der Waals surface area (Å²) in [4.78, 5) is 25.5. The third-order valence-electron chi connectivity index (χ3n) is 5.34. The van der Waals surface area contributed by atoms with Crippen LogP contribution in [0.3, 0.4) is 0 Å². The number of hydrogen-bond acceptors (Lipinski definition) is 8. The van der Waals surface area contributed by atoms with E-state index in [1.54, 1.807) is 44.2 Å². The van der Waals surface area contributed by atoms with Crippen LogP contribution in [0.4, 0.5) is 5.13 Å². The number of thioether (sulfide) groups is 1. The largest absolute Gasteiger partial charge is 0.497 e. The highest BCUT2D eigenvalue weighted by atomic mass is 32.2. The number of anilines is 1. The van der Waals surface area contributed by atoms with E-state index in [1.165, 1.54) is 11.3 Å². The molecule has 35 heavy (non-hydrogen) atoms. The van der Waals surface area contributed by atoms with Gasteiger partial charge >= 0.3 is 0 Å². The minimum Gasteiger partial charge on any atom is -0.497 e. The number of thiazole rings is 1. The molecule has 7 nitrogen and oxygen atoms in total. The van der Waals surface area contributed by atoms with Gasteiger partial charge < -0.3 is 14.2 Å². The van der Waals surface area contributed by atoms with E-state index in [0.29, 0.717) is 35.1 Å². The van der Waals surface area contributed by atoms with Crippen LogP contribution in [-0.4, -0.2) is 43.0 Å². The Balaban J connectivity index is 1.51. The number of carbonyl (C=O) groups is 1. The monoisotopic (exact) mass is 509 g/mol. The average Bonchev–Trinajstić information content (AvgIpc) is 3.35. The van der Waals surface area contributed by atoms with Gasteiger partial charge in [-0.2, -0.15) is 0 Å². The van der Waals surface area contributed by atoms with E-state index in [9.17, 15) is 4.79 Å². The first-order chi connectivity index (χ1) is 17.1.